The van der Waals surface area contributed by atoms with Gasteiger partial charge in [-0.25, -0.2) is 4.90 Å². The number of amides is 2. The van der Waals surface area contributed by atoms with Crippen molar-refractivity contribution in [2.45, 2.75) is 15.5 Å². The Hall–Kier alpha value is -0.890. The molecule has 2 aliphatic carbocycles. The highest BCUT2D eigenvalue weighted by atomic mass is 35.5. The molecule has 2 fully saturated rings. The Morgan fingerprint density at radius 3 is 1.92 bits per heavy atom. The first kappa shape index (κ1) is 18.5. The zero-order chi connectivity index (χ0) is 19.1. The molecule has 1 aromatic rings. The molecule has 1 saturated carbocycles. The van der Waals surface area contributed by atoms with Gasteiger partial charge < -0.3 is 9.47 Å². The molecule has 0 N–H and O–H groups in total. The minimum absolute atomic E-state index is 0.0602. The minimum atomic E-state index is -1.78. The van der Waals surface area contributed by atoms with E-state index in [0.29, 0.717) is 5.69 Å². The number of anilines is 1. The maximum Gasteiger partial charge on any atom is 0.240 e. The van der Waals surface area contributed by atoms with Gasteiger partial charge in [-0.05, 0) is 12.1 Å². The van der Waals surface area contributed by atoms with Crippen molar-refractivity contribution in [3.63, 3.8) is 0 Å². The summed E-state index contributed by atoms with van der Waals surface area (Å²) in [5.41, 5.74) is 0.310. The summed E-state index contributed by atoms with van der Waals surface area (Å²) in [5.74, 6) is -5.12. The number of alkyl halides is 2. The quantitative estimate of drug-likeness (QED) is 0.413. The number of hydrogen-bond donors (Lipinski definition) is 0. The highest BCUT2D eigenvalue weighted by Gasteiger charge is 2.89. The standard InChI is InChI=1S/C16H12Cl4N2O4/c1-25-16(26-2)14(19)8-9(15(16,20)11(18)10(14)17)13(24)22(12(8)23)7-4-3-5-21-6-7/h3-6,8-9H,1-2H3/t8-,9+,14+,15-. The number of hydrogen-bond acceptors (Lipinski definition) is 5. The van der Waals surface area contributed by atoms with Gasteiger partial charge in [-0.2, -0.15) is 0 Å². The molecule has 2 heterocycles. The number of aromatic nitrogens is 1. The molecule has 2 amide bonds. The number of carbonyl (C=O) groups is 2. The van der Waals surface area contributed by atoms with Gasteiger partial charge in [0.1, 0.15) is 9.75 Å². The van der Waals surface area contributed by atoms with E-state index in [1.165, 1.54) is 26.6 Å². The molecule has 0 aromatic carbocycles. The highest BCUT2D eigenvalue weighted by molar-refractivity contribution is 6.54. The van der Waals surface area contributed by atoms with Gasteiger partial charge in [-0.3, -0.25) is 14.6 Å². The van der Waals surface area contributed by atoms with E-state index in [2.05, 4.69) is 4.98 Å². The number of methoxy groups -OCH3 is 2. The van der Waals surface area contributed by atoms with Gasteiger partial charge in [-0.1, -0.05) is 23.2 Å². The number of imide groups is 1. The summed E-state index contributed by atoms with van der Waals surface area (Å²) in [4.78, 5) is 27.9. The molecule has 1 aliphatic heterocycles. The Labute approximate surface area is 168 Å². The minimum Gasteiger partial charge on any atom is -0.350 e. The van der Waals surface area contributed by atoms with Crippen LogP contribution in [0.25, 0.3) is 0 Å². The van der Waals surface area contributed by atoms with Crippen molar-refractivity contribution in [1.29, 1.82) is 0 Å². The second-order valence-corrected chi connectivity index (χ2v) is 8.20. The topological polar surface area (TPSA) is 68.7 Å². The molecule has 1 aromatic heterocycles. The molecule has 4 atom stereocenters. The van der Waals surface area contributed by atoms with E-state index in [1.54, 1.807) is 12.1 Å². The monoisotopic (exact) mass is 436 g/mol. The molecule has 0 unspecified atom stereocenters. The van der Waals surface area contributed by atoms with Crippen LogP contribution in [0.4, 0.5) is 5.69 Å². The fourth-order valence-corrected chi connectivity index (χ4v) is 6.61. The lowest BCUT2D eigenvalue weighted by Gasteiger charge is -2.42. The lowest BCUT2D eigenvalue weighted by molar-refractivity contribution is -0.221. The van der Waals surface area contributed by atoms with Crippen LogP contribution in [-0.4, -0.2) is 46.6 Å². The molecule has 0 spiro atoms. The van der Waals surface area contributed by atoms with Gasteiger partial charge in [0.2, 0.25) is 17.6 Å². The summed E-state index contributed by atoms with van der Waals surface area (Å²) in [6.45, 7) is 0. The number of rotatable bonds is 3. The number of pyridine rings is 1. The van der Waals surface area contributed by atoms with Crippen molar-refractivity contribution >= 4 is 63.9 Å². The first-order valence-corrected chi connectivity index (χ1v) is 9.07. The van der Waals surface area contributed by atoms with Crippen LogP contribution in [0.2, 0.25) is 0 Å². The number of nitrogens with zero attached hydrogens (tertiary/aromatic N) is 2. The first-order valence-electron chi connectivity index (χ1n) is 7.56. The van der Waals surface area contributed by atoms with Crippen molar-refractivity contribution in [2.24, 2.45) is 11.8 Å². The molecule has 2 bridgehead atoms. The Bertz CT molecular complexity index is 813. The van der Waals surface area contributed by atoms with E-state index < -0.39 is 39.2 Å². The predicted octanol–water partition coefficient (Wildman–Crippen LogP) is 2.85. The third-order valence-electron chi connectivity index (χ3n) is 5.43. The summed E-state index contributed by atoms with van der Waals surface area (Å²) < 4.78 is 11.0. The van der Waals surface area contributed by atoms with E-state index in [0.717, 1.165) is 4.90 Å². The Kier molecular flexibility index (Phi) is 3.95. The van der Waals surface area contributed by atoms with E-state index in [4.69, 9.17) is 55.9 Å². The fraction of sp³-hybridized carbons (Fsp3) is 0.438. The van der Waals surface area contributed by atoms with Crippen LogP contribution in [0.3, 0.4) is 0 Å². The summed E-state index contributed by atoms with van der Waals surface area (Å²) >= 11 is 26.5. The third-order valence-corrected chi connectivity index (χ3v) is 8.04. The lowest BCUT2D eigenvalue weighted by Crippen LogP contribution is -2.60. The molecule has 0 radical (unpaired) electrons. The average Bonchev–Trinajstić information content (AvgIpc) is 3.06. The smallest absolute Gasteiger partial charge is 0.240 e. The molecule has 1 saturated heterocycles. The van der Waals surface area contributed by atoms with Crippen LogP contribution in [0.5, 0.6) is 0 Å². The zero-order valence-electron chi connectivity index (χ0n) is 13.5. The van der Waals surface area contributed by atoms with E-state index >= 15 is 0 Å². The van der Waals surface area contributed by atoms with Gasteiger partial charge in [0.05, 0.1) is 33.8 Å². The van der Waals surface area contributed by atoms with E-state index in [9.17, 15) is 9.59 Å². The van der Waals surface area contributed by atoms with Crippen molar-refractivity contribution in [2.75, 3.05) is 19.1 Å². The molecule has 4 rings (SSSR count). The Morgan fingerprint density at radius 2 is 1.54 bits per heavy atom. The lowest BCUT2D eigenvalue weighted by atomic mass is 9.84. The summed E-state index contributed by atoms with van der Waals surface area (Å²) in [5, 5.41) is -0.120. The Morgan fingerprint density at radius 1 is 1.04 bits per heavy atom. The molecule has 138 valence electrons. The maximum atomic E-state index is 13.2. The SMILES string of the molecule is COC1(OC)[C@@]2(Cl)C(Cl)=C(Cl)[C@]1(Cl)[C@@H]1C(=O)N(c3cccnc3)C(=O)[C@@H]12. The van der Waals surface area contributed by atoms with Crippen LogP contribution in [0.1, 0.15) is 0 Å². The van der Waals surface area contributed by atoms with Gasteiger partial charge in [0.25, 0.3) is 0 Å². The second kappa shape index (κ2) is 5.56. The average molecular weight is 438 g/mol. The zero-order valence-corrected chi connectivity index (χ0v) is 16.5. The van der Waals surface area contributed by atoms with Crippen molar-refractivity contribution in [3.05, 3.63) is 34.6 Å². The summed E-state index contributed by atoms with van der Waals surface area (Å²) in [7, 11) is 2.62. The van der Waals surface area contributed by atoms with Crippen LogP contribution >= 0.6 is 46.4 Å². The van der Waals surface area contributed by atoms with Gasteiger partial charge in [0, 0.05) is 20.4 Å². The second-order valence-electron chi connectivity index (χ2n) is 6.25. The molecule has 10 heteroatoms. The van der Waals surface area contributed by atoms with Gasteiger partial charge >= 0.3 is 0 Å². The van der Waals surface area contributed by atoms with Crippen molar-refractivity contribution in [1.82, 2.24) is 4.98 Å². The largest absolute Gasteiger partial charge is 0.350 e. The van der Waals surface area contributed by atoms with Crippen molar-refractivity contribution < 1.29 is 19.1 Å². The molecular weight excluding hydrogens is 426 g/mol. The molecular formula is C16H12Cl4N2O4. The molecule has 3 aliphatic rings. The number of ether oxygens (including phenoxy) is 2. The van der Waals surface area contributed by atoms with Crippen LogP contribution < -0.4 is 4.90 Å². The van der Waals surface area contributed by atoms with E-state index in [1.807, 2.05) is 0 Å². The number of halogens is 4. The predicted molar refractivity (Wildman–Crippen MR) is 96.4 cm³/mol. The highest BCUT2D eigenvalue weighted by Crippen LogP contribution is 2.75. The van der Waals surface area contributed by atoms with Crippen LogP contribution in [-0.2, 0) is 19.1 Å². The van der Waals surface area contributed by atoms with Crippen molar-refractivity contribution in [3.8, 4) is 0 Å². The third kappa shape index (κ3) is 1.64. The summed E-state index contributed by atoms with van der Waals surface area (Å²) in [6, 6.07) is 3.20. The number of carbonyl (C=O) groups excluding carboxylic acids is 2. The maximum absolute atomic E-state index is 13.2. The van der Waals surface area contributed by atoms with E-state index in [-0.39, 0.29) is 10.1 Å². The Balaban J connectivity index is 1.95. The van der Waals surface area contributed by atoms with Crippen LogP contribution in [0, 0.1) is 11.8 Å². The summed E-state index contributed by atoms with van der Waals surface area (Å²) in [6.07, 6.45) is 2.93. The van der Waals surface area contributed by atoms with Crippen LogP contribution in [0.15, 0.2) is 34.6 Å². The molecule has 6 nitrogen and oxygen atoms in total. The number of fused-ring (bicyclic) bond motifs is 5. The molecule has 26 heavy (non-hydrogen) atoms. The van der Waals surface area contributed by atoms with Gasteiger partial charge in [0.15, 0.2) is 0 Å². The fourth-order valence-electron chi connectivity index (χ4n) is 4.45. The normalized spacial score (nSPS) is 37.7. The first-order chi connectivity index (χ1) is 12.2. The van der Waals surface area contributed by atoms with Gasteiger partial charge in [-0.15, -0.1) is 23.2 Å².